The summed E-state index contributed by atoms with van der Waals surface area (Å²) in [5, 5.41) is 3.60. The van der Waals surface area contributed by atoms with Gasteiger partial charge in [-0.1, -0.05) is 29.8 Å². The minimum absolute atomic E-state index is 0.0195. The van der Waals surface area contributed by atoms with Gasteiger partial charge in [-0.05, 0) is 30.9 Å². The smallest absolute Gasteiger partial charge is 0.310 e. The summed E-state index contributed by atoms with van der Waals surface area (Å²) in [5.74, 6) is -0.690. The standard InChI is InChI=1S/C22H26N2O5/c1-4-13-11-24(12-25)17-9-14(13)19(20(26)28-3)21-10-18(27-2)29-22(17,21)23-16-8-6-5-7-15(16)21/h4-8,12,14,17-19,23H,9-11H2,1-3H3/b13-4-/t14-,17-,18-,19-,21-,22-/m0/s1. The number of hydrogen-bond donors (Lipinski definition) is 1. The summed E-state index contributed by atoms with van der Waals surface area (Å²) in [6, 6.07) is 7.80. The summed E-state index contributed by atoms with van der Waals surface area (Å²) >= 11 is 0. The number of rotatable bonds is 3. The number of allylic oxidation sites excluding steroid dienone is 1. The fourth-order valence-electron chi connectivity index (χ4n) is 6.48. The van der Waals surface area contributed by atoms with Crippen molar-refractivity contribution in [3.05, 3.63) is 41.5 Å². The van der Waals surface area contributed by atoms with Crippen LogP contribution in [-0.2, 0) is 29.2 Å². The van der Waals surface area contributed by atoms with Crippen LogP contribution in [0.1, 0.15) is 25.3 Å². The van der Waals surface area contributed by atoms with Crippen LogP contribution in [0, 0.1) is 11.8 Å². The van der Waals surface area contributed by atoms with E-state index in [1.807, 2.05) is 36.1 Å². The topological polar surface area (TPSA) is 77.1 Å². The maximum absolute atomic E-state index is 13.3. The Hall–Kier alpha value is -2.38. The first-order valence-electron chi connectivity index (χ1n) is 10.1. The molecule has 0 unspecified atom stereocenters. The number of para-hydroxylation sites is 1. The van der Waals surface area contributed by atoms with Crippen LogP contribution in [0.4, 0.5) is 5.69 Å². The molecule has 154 valence electrons. The lowest BCUT2D eigenvalue weighted by Gasteiger charge is -2.59. The normalized spacial score (nSPS) is 40.7. The van der Waals surface area contributed by atoms with E-state index >= 15 is 0 Å². The number of amides is 1. The van der Waals surface area contributed by atoms with Crippen LogP contribution in [0.2, 0.25) is 0 Å². The lowest BCUT2D eigenvalue weighted by molar-refractivity contribution is -0.199. The highest BCUT2D eigenvalue weighted by Crippen LogP contribution is 2.68. The molecule has 2 bridgehead atoms. The number of anilines is 1. The van der Waals surface area contributed by atoms with E-state index in [-0.39, 0.29) is 17.9 Å². The molecule has 0 radical (unpaired) electrons. The van der Waals surface area contributed by atoms with Crippen LogP contribution in [0.5, 0.6) is 0 Å². The molecule has 1 amide bonds. The number of esters is 1. The maximum Gasteiger partial charge on any atom is 0.310 e. The van der Waals surface area contributed by atoms with Crippen LogP contribution in [0.15, 0.2) is 35.9 Å². The predicted octanol–water partition coefficient (Wildman–Crippen LogP) is 2.03. The van der Waals surface area contributed by atoms with Gasteiger partial charge in [0.25, 0.3) is 0 Å². The van der Waals surface area contributed by atoms with Crippen LogP contribution < -0.4 is 5.32 Å². The fourth-order valence-corrected chi connectivity index (χ4v) is 6.48. The number of benzene rings is 1. The molecule has 0 spiro atoms. The van der Waals surface area contributed by atoms with Crippen LogP contribution in [0.3, 0.4) is 0 Å². The molecule has 7 nitrogen and oxygen atoms in total. The Kier molecular flexibility index (Phi) is 4.05. The van der Waals surface area contributed by atoms with E-state index in [9.17, 15) is 9.59 Å². The lowest BCUT2D eigenvalue weighted by atomic mass is 9.51. The molecule has 1 aromatic rings. The van der Waals surface area contributed by atoms with Crippen molar-refractivity contribution in [2.45, 2.75) is 43.2 Å². The average molecular weight is 398 g/mol. The van der Waals surface area contributed by atoms with Gasteiger partial charge in [-0.3, -0.25) is 9.59 Å². The molecule has 2 saturated heterocycles. The number of fused-ring (bicyclic) bond motifs is 3. The van der Waals surface area contributed by atoms with E-state index in [1.165, 1.54) is 7.11 Å². The molecular weight excluding hydrogens is 372 g/mol. The van der Waals surface area contributed by atoms with Crippen molar-refractivity contribution < 1.29 is 23.8 Å². The first-order valence-corrected chi connectivity index (χ1v) is 10.1. The molecule has 1 saturated carbocycles. The Balaban J connectivity index is 1.81. The number of nitrogens with one attached hydrogen (secondary N) is 1. The number of likely N-dealkylation sites (tertiary alicyclic amines) is 1. The van der Waals surface area contributed by atoms with E-state index in [0.717, 1.165) is 23.2 Å². The quantitative estimate of drug-likeness (QED) is 0.477. The summed E-state index contributed by atoms with van der Waals surface area (Å²) in [7, 11) is 3.06. The van der Waals surface area contributed by atoms with Gasteiger partial charge in [0.15, 0.2) is 12.0 Å². The van der Waals surface area contributed by atoms with Gasteiger partial charge in [0.05, 0.1) is 24.5 Å². The zero-order valence-electron chi connectivity index (χ0n) is 16.9. The highest BCUT2D eigenvalue weighted by Gasteiger charge is 2.77. The molecule has 4 aliphatic rings. The van der Waals surface area contributed by atoms with Gasteiger partial charge in [-0.15, -0.1) is 0 Å². The van der Waals surface area contributed by atoms with Crippen molar-refractivity contribution in [1.29, 1.82) is 0 Å². The highest BCUT2D eigenvalue weighted by atomic mass is 16.7. The second kappa shape index (κ2) is 6.31. The number of ether oxygens (including phenoxy) is 3. The first kappa shape index (κ1) is 18.6. The molecule has 3 fully saturated rings. The van der Waals surface area contributed by atoms with E-state index in [1.54, 1.807) is 7.11 Å². The molecular formula is C22H26N2O5. The Labute approximate surface area is 170 Å². The largest absolute Gasteiger partial charge is 0.469 e. The molecule has 1 aromatic carbocycles. The van der Waals surface area contributed by atoms with Crippen molar-refractivity contribution in [2.75, 3.05) is 26.1 Å². The number of hydrogen-bond acceptors (Lipinski definition) is 6. The SMILES string of the molecule is C/C=C1/CN(C=O)[C@H]2C[C@@H]1[C@@H](C(=O)OC)[C@@]13C[C@@H](OC)O[C@@]21Nc1ccccc13. The van der Waals surface area contributed by atoms with E-state index in [0.29, 0.717) is 19.4 Å². The Morgan fingerprint density at radius 1 is 1.34 bits per heavy atom. The number of piperidine rings is 1. The zero-order valence-corrected chi connectivity index (χ0v) is 16.9. The number of carbonyl (C=O) groups is 2. The van der Waals surface area contributed by atoms with Crippen LogP contribution >= 0.6 is 0 Å². The van der Waals surface area contributed by atoms with Crippen molar-refractivity contribution in [2.24, 2.45) is 11.8 Å². The summed E-state index contributed by atoms with van der Waals surface area (Å²) < 4.78 is 17.5. The van der Waals surface area contributed by atoms with Crippen molar-refractivity contribution in [1.82, 2.24) is 4.90 Å². The lowest BCUT2D eigenvalue weighted by Crippen LogP contribution is -2.73. The third-order valence-electron chi connectivity index (χ3n) is 7.54. The first-order chi connectivity index (χ1) is 14.1. The second-order valence-corrected chi connectivity index (χ2v) is 8.36. The minimum Gasteiger partial charge on any atom is -0.469 e. The Bertz CT molecular complexity index is 901. The summed E-state index contributed by atoms with van der Waals surface area (Å²) in [4.78, 5) is 27.2. The number of methoxy groups -OCH3 is 2. The number of nitrogens with zero attached hydrogens (tertiary/aromatic N) is 1. The Morgan fingerprint density at radius 3 is 2.83 bits per heavy atom. The molecule has 3 aliphatic heterocycles. The second-order valence-electron chi connectivity index (χ2n) is 8.36. The van der Waals surface area contributed by atoms with Gasteiger partial charge in [-0.25, -0.2) is 0 Å². The van der Waals surface area contributed by atoms with Crippen molar-refractivity contribution >= 4 is 18.1 Å². The van der Waals surface area contributed by atoms with Gasteiger partial charge in [0.1, 0.15) is 0 Å². The third-order valence-corrected chi connectivity index (χ3v) is 7.54. The third kappa shape index (κ3) is 2.09. The predicted molar refractivity (Wildman–Crippen MR) is 105 cm³/mol. The van der Waals surface area contributed by atoms with E-state index < -0.39 is 23.3 Å². The van der Waals surface area contributed by atoms with Crippen LogP contribution in [-0.4, -0.2) is 56.1 Å². The molecule has 7 heteroatoms. The molecule has 1 N–H and O–H groups in total. The number of carbonyl (C=O) groups excluding carboxylic acids is 2. The molecule has 3 heterocycles. The zero-order chi connectivity index (χ0) is 20.4. The molecule has 5 rings (SSSR count). The monoisotopic (exact) mass is 398 g/mol. The van der Waals surface area contributed by atoms with Gasteiger partial charge in [-0.2, -0.15) is 0 Å². The molecule has 0 aromatic heterocycles. The van der Waals surface area contributed by atoms with E-state index in [4.69, 9.17) is 14.2 Å². The van der Waals surface area contributed by atoms with Gasteiger partial charge < -0.3 is 24.4 Å². The summed E-state index contributed by atoms with van der Waals surface area (Å²) in [6.07, 6.45) is 3.61. The van der Waals surface area contributed by atoms with Gasteiger partial charge in [0, 0.05) is 25.8 Å². The molecule has 1 aliphatic carbocycles. The molecule has 29 heavy (non-hydrogen) atoms. The van der Waals surface area contributed by atoms with Gasteiger partial charge in [0.2, 0.25) is 6.41 Å². The van der Waals surface area contributed by atoms with Crippen molar-refractivity contribution in [3.8, 4) is 0 Å². The highest BCUT2D eigenvalue weighted by molar-refractivity contribution is 5.81. The fraction of sp³-hybridized carbons (Fsp3) is 0.545. The summed E-state index contributed by atoms with van der Waals surface area (Å²) in [6.45, 7) is 2.45. The Morgan fingerprint density at radius 2 is 2.14 bits per heavy atom. The summed E-state index contributed by atoms with van der Waals surface area (Å²) in [5.41, 5.74) is 1.44. The van der Waals surface area contributed by atoms with Crippen molar-refractivity contribution in [3.63, 3.8) is 0 Å². The van der Waals surface area contributed by atoms with Crippen LogP contribution in [0.25, 0.3) is 0 Å². The molecule has 6 atom stereocenters. The minimum atomic E-state index is -0.938. The van der Waals surface area contributed by atoms with Gasteiger partial charge >= 0.3 is 5.97 Å². The maximum atomic E-state index is 13.3. The average Bonchev–Trinajstić information content (AvgIpc) is 3.23. The van der Waals surface area contributed by atoms with E-state index in [2.05, 4.69) is 11.4 Å².